The number of halogens is 4. The molecule has 0 spiro atoms. The molecule has 0 amide bonds. The molecule has 2 aromatic heterocycles. The van der Waals surface area contributed by atoms with Gasteiger partial charge in [0, 0.05) is 25.0 Å². The van der Waals surface area contributed by atoms with Gasteiger partial charge >= 0.3 is 5.69 Å². The van der Waals surface area contributed by atoms with Crippen molar-refractivity contribution in [3.05, 3.63) is 39.1 Å². The average Bonchev–Trinajstić information content (AvgIpc) is 2.80. The molecular formula is C17H16BrF3N4O. The van der Waals surface area contributed by atoms with Crippen molar-refractivity contribution < 1.29 is 13.2 Å². The smallest absolute Gasteiger partial charge is 0.300 e. The number of benzene rings is 1. The summed E-state index contributed by atoms with van der Waals surface area (Å²) in [5, 5.41) is 0.461. The number of nitrogens with zero attached hydrogens (tertiary/aromatic N) is 4. The average molecular weight is 429 g/mol. The monoisotopic (exact) mass is 428 g/mol. The zero-order chi connectivity index (χ0) is 18.8. The van der Waals surface area contributed by atoms with Crippen LogP contribution in [0.25, 0.3) is 21.9 Å². The number of alkyl halides is 2. The van der Waals surface area contributed by atoms with Gasteiger partial charge in [-0.2, -0.15) is 0 Å². The molecule has 0 aliphatic carbocycles. The second-order valence-corrected chi connectivity index (χ2v) is 7.64. The molecule has 1 aliphatic heterocycles. The van der Waals surface area contributed by atoms with Crippen LogP contribution in [0.1, 0.15) is 12.5 Å². The van der Waals surface area contributed by atoms with Crippen molar-refractivity contribution >= 4 is 37.9 Å². The van der Waals surface area contributed by atoms with E-state index in [0.717, 1.165) is 4.57 Å². The standard InChI is InChI=1S/C17H16BrF3N4O/c1-23-4-3-14(17(20,21)8-23)25-15-9-5-10(18)11(19)6-12(9)22-7-13(15)24(2)16(25)26/h5-7,14H,3-4,8H2,1-2H3. The Morgan fingerprint density at radius 3 is 2.73 bits per heavy atom. The topological polar surface area (TPSA) is 43.1 Å². The number of hydrogen-bond donors (Lipinski definition) is 0. The van der Waals surface area contributed by atoms with Gasteiger partial charge in [0.25, 0.3) is 5.92 Å². The Labute approximate surface area is 155 Å². The number of pyridine rings is 1. The van der Waals surface area contributed by atoms with E-state index < -0.39 is 30.0 Å². The summed E-state index contributed by atoms with van der Waals surface area (Å²) in [5.41, 5.74) is 0.589. The Hall–Kier alpha value is -1.87. The molecule has 0 N–H and O–H groups in total. The molecule has 0 bridgehead atoms. The third-order valence-electron chi connectivity index (χ3n) is 5.02. The van der Waals surface area contributed by atoms with Crippen molar-refractivity contribution in [1.29, 1.82) is 0 Å². The highest BCUT2D eigenvalue weighted by molar-refractivity contribution is 9.10. The van der Waals surface area contributed by atoms with Gasteiger partial charge in [0.1, 0.15) is 11.9 Å². The van der Waals surface area contributed by atoms with Crippen LogP contribution in [-0.2, 0) is 7.05 Å². The summed E-state index contributed by atoms with van der Waals surface area (Å²) in [6.07, 6.45) is 1.57. The number of aryl methyl sites for hydroxylation is 1. The summed E-state index contributed by atoms with van der Waals surface area (Å²) in [4.78, 5) is 18.6. The van der Waals surface area contributed by atoms with Crippen LogP contribution in [-0.4, -0.2) is 45.1 Å². The summed E-state index contributed by atoms with van der Waals surface area (Å²) in [6.45, 7) is 0.0479. The highest BCUT2D eigenvalue weighted by Crippen LogP contribution is 2.38. The minimum absolute atomic E-state index is 0.148. The second-order valence-electron chi connectivity index (χ2n) is 6.79. The summed E-state index contributed by atoms with van der Waals surface area (Å²) in [6, 6.07) is 1.46. The number of aromatic nitrogens is 3. The van der Waals surface area contributed by atoms with Crippen LogP contribution in [0.3, 0.4) is 0 Å². The van der Waals surface area contributed by atoms with Crippen molar-refractivity contribution in [2.24, 2.45) is 7.05 Å². The summed E-state index contributed by atoms with van der Waals surface area (Å²) >= 11 is 3.13. The van der Waals surface area contributed by atoms with E-state index in [-0.39, 0.29) is 10.9 Å². The van der Waals surface area contributed by atoms with E-state index >= 15 is 0 Å². The van der Waals surface area contributed by atoms with Crippen LogP contribution >= 0.6 is 15.9 Å². The van der Waals surface area contributed by atoms with Gasteiger partial charge in [-0.05, 0) is 35.5 Å². The molecule has 1 atom stereocenters. The lowest BCUT2D eigenvalue weighted by Gasteiger charge is -2.37. The van der Waals surface area contributed by atoms with Gasteiger partial charge in [0.15, 0.2) is 0 Å². The van der Waals surface area contributed by atoms with E-state index in [1.54, 1.807) is 11.9 Å². The molecule has 1 saturated heterocycles. The van der Waals surface area contributed by atoms with Gasteiger partial charge in [-0.15, -0.1) is 0 Å². The molecule has 0 radical (unpaired) electrons. The zero-order valence-electron chi connectivity index (χ0n) is 14.1. The molecule has 1 aromatic carbocycles. The van der Waals surface area contributed by atoms with Gasteiger partial charge in [-0.1, -0.05) is 0 Å². The van der Waals surface area contributed by atoms with Crippen LogP contribution in [0.2, 0.25) is 0 Å². The fraction of sp³-hybridized carbons (Fsp3) is 0.412. The van der Waals surface area contributed by atoms with Crippen molar-refractivity contribution in [3.63, 3.8) is 0 Å². The van der Waals surface area contributed by atoms with Crippen LogP contribution in [0.15, 0.2) is 27.6 Å². The highest BCUT2D eigenvalue weighted by atomic mass is 79.9. The van der Waals surface area contributed by atoms with Gasteiger partial charge in [0.05, 0.1) is 33.8 Å². The zero-order valence-corrected chi connectivity index (χ0v) is 15.7. The molecule has 4 rings (SSSR count). The van der Waals surface area contributed by atoms with E-state index in [9.17, 15) is 18.0 Å². The maximum Gasteiger partial charge on any atom is 0.329 e. The summed E-state index contributed by atoms with van der Waals surface area (Å²) in [7, 11) is 3.16. The van der Waals surface area contributed by atoms with Crippen molar-refractivity contribution in [3.8, 4) is 0 Å². The van der Waals surface area contributed by atoms with Gasteiger partial charge in [-0.25, -0.2) is 18.0 Å². The molecule has 5 nitrogen and oxygen atoms in total. The molecule has 1 fully saturated rings. The lowest BCUT2D eigenvalue weighted by Crippen LogP contribution is -2.49. The fourth-order valence-electron chi connectivity index (χ4n) is 3.73. The maximum absolute atomic E-state index is 14.8. The molecule has 3 heterocycles. The Balaban J connectivity index is 2.09. The third kappa shape index (κ3) is 2.48. The van der Waals surface area contributed by atoms with E-state index in [0.29, 0.717) is 28.5 Å². The minimum Gasteiger partial charge on any atom is -0.300 e. The Kier molecular flexibility index (Phi) is 3.92. The summed E-state index contributed by atoms with van der Waals surface area (Å²) in [5.74, 6) is -3.56. The molecule has 9 heteroatoms. The Morgan fingerprint density at radius 1 is 1.31 bits per heavy atom. The Bertz CT molecular complexity index is 1090. The van der Waals surface area contributed by atoms with Crippen molar-refractivity contribution in [2.45, 2.75) is 18.4 Å². The molecule has 3 aromatic rings. The second kappa shape index (κ2) is 5.82. The normalized spacial score (nSPS) is 20.9. The number of fused-ring (bicyclic) bond motifs is 3. The predicted molar refractivity (Wildman–Crippen MR) is 96.2 cm³/mol. The van der Waals surface area contributed by atoms with Crippen molar-refractivity contribution in [2.75, 3.05) is 20.1 Å². The lowest BCUT2D eigenvalue weighted by atomic mass is 10.0. The number of rotatable bonds is 1. The maximum atomic E-state index is 14.8. The van der Waals surface area contributed by atoms with Crippen LogP contribution in [0.4, 0.5) is 13.2 Å². The van der Waals surface area contributed by atoms with Crippen molar-refractivity contribution in [1.82, 2.24) is 19.0 Å². The fourth-order valence-corrected chi connectivity index (χ4v) is 4.07. The Morgan fingerprint density at radius 2 is 2.04 bits per heavy atom. The van der Waals surface area contributed by atoms with E-state index in [2.05, 4.69) is 20.9 Å². The van der Waals surface area contributed by atoms with Crippen LogP contribution < -0.4 is 5.69 Å². The van der Waals surface area contributed by atoms with Gasteiger partial charge < -0.3 is 4.90 Å². The number of imidazole rings is 1. The third-order valence-corrected chi connectivity index (χ3v) is 5.63. The SMILES string of the molecule is CN1CCC(n2c(=O)n(C)c3cnc4cc(F)c(Br)cc4c32)C(F)(F)C1. The molecule has 138 valence electrons. The number of hydrogen-bond acceptors (Lipinski definition) is 3. The van der Waals surface area contributed by atoms with Gasteiger partial charge in [0.2, 0.25) is 0 Å². The quantitative estimate of drug-likeness (QED) is 0.597. The van der Waals surface area contributed by atoms with E-state index in [1.165, 1.54) is 29.9 Å². The first-order valence-electron chi connectivity index (χ1n) is 8.12. The molecule has 0 saturated carbocycles. The molecular weight excluding hydrogens is 413 g/mol. The van der Waals surface area contributed by atoms with Gasteiger partial charge in [-0.3, -0.25) is 14.1 Å². The largest absolute Gasteiger partial charge is 0.329 e. The predicted octanol–water partition coefficient (Wildman–Crippen LogP) is 3.30. The molecule has 1 unspecified atom stereocenters. The molecule has 1 aliphatic rings. The summed E-state index contributed by atoms with van der Waals surface area (Å²) < 4.78 is 46.1. The lowest BCUT2D eigenvalue weighted by molar-refractivity contribution is -0.0977. The minimum atomic E-state index is -3.06. The van der Waals surface area contributed by atoms with E-state index in [1.807, 2.05) is 0 Å². The van der Waals surface area contributed by atoms with Crippen LogP contribution in [0.5, 0.6) is 0 Å². The van der Waals surface area contributed by atoms with Crippen LogP contribution in [0, 0.1) is 5.82 Å². The first-order valence-corrected chi connectivity index (χ1v) is 8.91. The highest BCUT2D eigenvalue weighted by Gasteiger charge is 2.46. The first-order chi connectivity index (χ1) is 12.2. The molecule has 26 heavy (non-hydrogen) atoms. The first kappa shape index (κ1) is 17.5. The van der Waals surface area contributed by atoms with E-state index in [4.69, 9.17) is 0 Å². The number of likely N-dealkylation sites (tertiary alicyclic amines) is 1. The number of piperidine rings is 1.